The summed E-state index contributed by atoms with van der Waals surface area (Å²) in [7, 11) is 0. The second-order valence-electron chi connectivity index (χ2n) is 8.25. The molecule has 3 rings (SSSR count). The zero-order chi connectivity index (χ0) is 29.1. The molecule has 2 N–H and O–H groups in total. The van der Waals surface area contributed by atoms with Crippen LogP contribution in [0, 0.1) is 0 Å². The number of carbonyl (C=O) groups excluding carboxylic acids is 1. The predicted octanol–water partition coefficient (Wildman–Crippen LogP) is 4.20. The molecular weight excluding hydrogens is 548 g/mol. The standard InChI is InChI=1S/C22H21ClN12O5/c23-14-1-2-17(34-5-4-27-13-34)15(7-14)16-8-20(38)35(9-19(16)37)18(3-6-36)21(39)40-22(10-28-31-24,11-29-32-25)12-30-33-26/h1-2,4-5,7-9,13,18,36-37H,3,6,10-12H2. The van der Waals surface area contributed by atoms with Gasteiger partial charge < -0.3 is 19.5 Å². The lowest BCUT2D eigenvalue weighted by Gasteiger charge is -2.31. The van der Waals surface area contributed by atoms with Gasteiger partial charge in [-0.1, -0.05) is 26.9 Å². The van der Waals surface area contributed by atoms with E-state index in [1.165, 1.54) is 6.33 Å². The van der Waals surface area contributed by atoms with E-state index in [-0.39, 0.29) is 12.0 Å². The summed E-state index contributed by atoms with van der Waals surface area (Å²) in [5.41, 5.74) is 24.7. The maximum atomic E-state index is 13.3. The molecule has 0 spiro atoms. The lowest BCUT2D eigenvalue weighted by molar-refractivity contribution is -0.162. The Morgan fingerprint density at radius 2 is 1.75 bits per heavy atom. The molecule has 0 amide bonds. The Hall–Kier alpha value is -5.17. The van der Waals surface area contributed by atoms with Crippen LogP contribution in [-0.2, 0) is 9.53 Å². The Morgan fingerprint density at radius 1 is 1.10 bits per heavy atom. The highest BCUT2D eigenvalue weighted by molar-refractivity contribution is 6.31. The molecule has 206 valence electrons. The molecule has 0 aliphatic carbocycles. The maximum absolute atomic E-state index is 13.3. The van der Waals surface area contributed by atoms with Crippen molar-refractivity contribution in [2.75, 3.05) is 26.2 Å². The molecule has 1 aromatic carbocycles. The van der Waals surface area contributed by atoms with E-state index in [2.05, 4.69) is 35.1 Å². The zero-order valence-corrected chi connectivity index (χ0v) is 21.4. The number of ether oxygens (including phenoxy) is 1. The molecule has 0 aliphatic rings. The molecular formula is C22H21ClN12O5. The minimum atomic E-state index is -1.87. The van der Waals surface area contributed by atoms with Crippen molar-refractivity contribution >= 4 is 17.6 Å². The molecule has 40 heavy (non-hydrogen) atoms. The van der Waals surface area contributed by atoms with Crippen LogP contribution in [0.2, 0.25) is 5.02 Å². The number of aromatic nitrogens is 3. The number of benzene rings is 1. The van der Waals surface area contributed by atoms with E-state index in [9.17, 15) is 19.8 Å². The van der Waals surface area contributed by atoms with E-state index in [4.69, 9.17) is 32.9 Å². The van der Waals surface area contributed by atoms with E-state index in [0.29, 0.717) is 16.3 Å². The summed E-state index contributed by atoms with van der Waals surface area (Å²) in [5, 5.41) is 31.0. The number of aliphatic hydroxyl groups excluding tert-OH is 1. The van der Waals surface area contributed by atoms with Gasteiger partial charge in [0.15, 0.2) is 0 Å². The molecule has 0 bridgehead atoms. The third-order valence-corrected chi connectivity index (χ3v) is 5.92. The largest absolute Gasteiger partial charge is 0.506 e. The highest BCUT2D eigenvalue weighted by Crippen LogP contribution is 2.35. The average Bonchev–Trinajstić information content (AvgIpc) is 3.48. The third-order valence-electron chi connectivity index (χ3n) is 5.68. The van der Waals surface area contributed by atoms with Crippen LogP contribution in [0.4, 0.5) is 0 Å². The molecule has 0 saturated carbocycles. The number of esters is 1. The van der Waals surface area contributed by atoms with Gasteiger partial charge in [-0.2, -0.15) is 0 Å². The predicted molar refractivity (Wildman–Crippen MR) is 142 cm³/mol. The minimum Gasteiger partial charge on any atom is -0.506 e. The highest BCUT2D eigenvalue weighted by Gasteiger charge is 2.36. The van der Waals surface area contributed by atoms with E-state index in [0.717, 1.165) is 16.8 Å². The number of hydrogen-bond donors (Lipinski definition) is 2. The van der Waals surface area contributed by atoms with Crippen molar-refractivity contribution < 1.29 is 19.7 Å². The Bertz CT molecular complexity index is 1520. The Morgan fingerprint density at radius 3 is 2.30 bits per heavy atom. The first kappa shape index (κ1) is 29.4. The van der Waals surface area contributed by atoms with E-state index >= 15 is 0 Å². The summed E-state index contributed by atoms with van der Waals surface area (Å²) < 4.78 is 8.00. The summed E-state index contributed by atoms with van der Waals surface area (Å²) in [6, 6.07) is 4.46. The lowest BCUT2D eigenvalue weighted by Crippen LogP contribution is -2.46. The van der Waals surface area contributed by atoms with Crippen LogP contribution in [0.5, 0.6) is 5.75 Å². The number of aliphatic hydroxyl groups is 1. The number of carbonyl (C=O) groups is 1. The SMILES string of the molecule is [N-]=[N+]=NCC(CN=[N+]=[N-])(CN=[N+]=[N-])OC(=O)C(CCO)n1cc(O)c(-c2cc(Cl)ccc2-n2ccnc2)cc1=O. The number of pyridine rings is 1. The van der Waals surface area contributed by atoms with Gasteiger partial charge in [0, 0.05) is 62.4 Å². The van der Waals surface area contributed by atoms with Crippen molar-refractivity contribution in [3.63, 3.8) is 0 Å². The van der Waals surface area contributed by atoms with Crippen molar-refractivity contribution in [1.29, 1.82) is 0 Å². The molecule has 2 heterocycles. The van der Waals surface area contributed by atoms with Gasteiger partial charge in [0.1, 0.15) is 17.4 Å². The minimum absolute atomic E-state index is 0.105. The summed E-state index contributed by atoms with van der Waals surface area (Å²) in [5.74, 6) is -1.51. The molecule has 0 radical (unpaired) electrons. The van der Waals surface area contributed by atoms with Crippen molar-refractivity contribution in [1.82, 2.24) is 14.1 Å². The van der Waals surface area contributed by atoms with Crippen LogP contribution < -0.4 is 5.56 Å². The van der Waals surface area contributed by atoms with Gasteiger partial charge >= 0.3 is 5.97 Å². The summed E-state index contributed by atoms with van der Waals surface area (Å²) >= 11 is 6.19. The molecule has 1 unspecified atom stereocenters. The van der Waals surface area contributed by atoms with Gasteiger partial charge in [0.2, 0.25) is 0 Å². The van der Waals surface area contributed by atoms with Crippen LogP contribution in [-0.4, -0.2) is 62.1 Å². The number of rotatable bonds is 13. The molecule has 0 saturated heterocycles. The smallest absolute Gasteiger partial charge is 0.329 e. The number of aromatic hydroxyl groups is 1. The van der Waals surface area contributed by atoms with Gasteiger partial charge in [0.25, 0.3) is 5.56 Å². The fourth-order valence-corrected chi connectivity index (χ4v) is 4.02. The first-order valence-electron chi connectivity index (χ1n) is 11.4. The van der Waals surface area contributed by atoms with Crippen LogP contribution in [0.25, 0.3) is 48.1 Å². The molecule has 1 atom stereocenters. The summed E-state index contributed by atoms with van der Waals surface area (Å²) in [6.45, 7) is -2.26. The van der Waals surface area contributed by atoms with Crippen molar-refractivity contribution in [3.05, 3.63) is 95.9 Å². The monoisotopic (exact) mass is 568 g/mol. The molecule has 17 nitrogen and oxygen atoms in total. The first-order valence-corrected chi connectivity index (χ1v) is 11.8. The van der Waals surface area contributed by atoms with Gasteiger partial charge in [0.05, 0.1) is 37.8 Å². The number of nitrogens with zero attached hydrogens (tertiary/aromatic N) is 12. The number of azide groups is 3. The Labute approximate surface area is 229 Å². The fourth-order valence-electron chi connectivity index (χ4n) is 3.85. The van der Waals surface area contributed by atoms with Crippen LogP contribution in [0.3, 0.4) is 0 Å². The van der Waals surface area contributed by atoms with Gasteiger partial charge in [-0.25, -0.2) is 9.78 Å². The lowest BCUT2D eigenvalue weighted by atomic mass is 10.0. The topological polar surface area (TPSA) is 253 Å². The van der Waals surface area contributed by atoms with Crippen LogP contribution in [0.1, 0.15) is 12.5 Å². The number of halogens is 1. The second kappa shape index (κ2) is 13.6. The fraction of sp³-hybridized carbons (Fsp3) is 0.318. The Balaban J connectivity index is 2.07. The number of imidazole rings is 1. The van der Waals surface area contributed by atoms with Crippen molar-refractivity contribution in [2.24, 2.45) is 15.3 Å². The quantitative estimate of drug-likeness (QED) is 0.132. The second-order valence-corrected chi connectivity index (χ2v) is 8.68. The van der Waals surface area contributed by atoms with E-state index in [1.807, 2.05) is 0 Å². The summed E-state index contributed by atoms with van der Waals surface area (Å²) in [6.07, 6.45) is 5.41. The molecule has 18 heteroatoms. The van der Waals surface area contributed by atoms with Gasteiger partial charge in [-0.05, 0) is 34.8 Å². The normalized spacial score (nSPS) is 12.7. The maximum Gasteiger partial charge on any atom is 0.329 e. The Kier molecular flexibility index (Phi) is 9.97. The summed E-state index contributed by atoms with van der Waals surface area (Å²) in [4.78, 5) is 38.4. The molecule has 3 aromatic rings. The van der Waals surface area contributed by atoms with Crippen molar-refractivity contribution in [2.45, 2.75) is 18.1 Å². The molecule has 0 fully saturated rings. The van der Waals surface area contributed by atoms with E-state index in [1.54, 1.807) is 35.2 Å². The third kappa shape index (κ3) is 6.82. The molecule has 0 aliphatic heterocycles. The van der Waals surface area contributed by atoms with Crippen molar-refractivity contribution in [3.8, 4) is 22.6 Å². The van der Waals surface area contributed by atoms with Gasteiger partial charge in [-0.15, -0.1) is 0 Å². The van der Waals surface area contributed by atoms with Gasteiger partial charge in [-0.3, -0.25) is 9.36 Å². The van der Waals surface area contributed by atoms with Crippen LogP contribution in [0.15, 0.2) is 69.3 Å². The highest BCUT2D eigenvalue weighted by atomic mass is 35.5. The van der Waals surface area contributed by atoms with Crippen LogP contribution >= 0.6 is 11.6 Å². The zero-order valence-electron chi connectivity index (χ0n) is 20.6. The number of hydrogen-bond acceptors (Lipinski definition) is 9. The first-order chi connectivity index (χ1) is 19.3. The average molecular weight is 569 g/mol. The molecule has 2 aromatic heterocycles. The van der Waals surface area contributed by atoms with E-state index < -0.39 is 55.2 Å².